The molecule has 0 aliphatic heterocycles. The average molecular weight is 343 g/mol. The van der Waals surface area contributed by atoms with E-state index in [0.29, 0.717) is 10.2 Å². The number of aromatic carboxylic acids is 1. The van der Waals surface area contributed by atoms with Crippen molar-refractivity contribution >= 4 is 33.5 Å². The summed E-state index contributed by atoms with van der Waals surface area (Å²) in [6.45, 7) is 5.89. The van der Waals surface area contributed by atoms with E-state index >= 15 is 0 Å². The Hall–Kier alpha value is -1.40. The van der Waals surface area contributed by atoms with Gasteiger partial charge in [0.2, 0.25) is 5.91 Å². The van der Waals surface area contributed by atoms with Crippen molar-refractivity contribution < 1.29 is 14.7 Å². The molecule has 0 radical (unpaired) electrons. The van der Waals surface area contributed by atoms with E-state index in [1.807, 2.05) is 20.8 Å². The van der Waals surface area contributed by atoms with Gasteiger partial charge in [-0.2, -0.15) is 0 Å². The number of nitrogens with one attached hydrogen (secondary N) is 1. The van der Waals surface area contributed by atoms with Crippen molar-refractivity contribution in [1.29, 1.82) is 0 Å². The molecule has 0 aromatic heterocycles. The Morgan fingerprint density at radius 3 is 2.50 bits per heavy atom. The van der Waals surface area contributed by atoms with Gasteiger partial charge in [-0.1, -0.05) is 20.8 Å². The SMILES string of the molecule is CC(C)(C)C(N)CC(=O)Nc1cc(C(=O)O)ccc1Br. The molecule has 0 aliphatic rings. The fraction of sp³-hybridized carbons (Fsp3) is 0.429. The minimum absolute atomic E-state index is 0.114. The lowest BCUT2D eigenvalue weighted by Gasteiger charge is -2.26. The third-order valence-corrected chi connectivity index (χ3v) is 3.70. The summed E-state index contributed by atoms with van der Waals surface area (Å²) in [5.74, 6) is -1.28. The lowest BCUT2D eigenvalue weighted by Crippen LogP contribution is -2.38. The van der Waals surface area contributed by atoms with Gasteiger partial charge in [0.1, 0.15) is 0 Å². The Morgan fingerprint density at radius 2 is 2.00 bits per heavy atom. The van der Waals surface area contributed by atoms with Gasteiger partial charge in [0, 0.05) is 16.9 Å². The maximum Gasteiger partial charge on any atom is 0.335 e. The van der Waals surface area contributed by atoms with Crippen LogP contribution in [0.5, 0.6) is 0 Å². The fourth-order valence-electron chi connectivity index (χ4n) is 1.46. The van der Waals surface area contributed by atoms with E-state index in [-0.39, 0.29) is 29.3 Å². The summed E-state index contributed by atoms with van der Waals surface area (Å²) in [6, 6.07) is 4.18. The number of carbonyl (C=O) groups excluding carboxylic acids is 1. The molecular weight excluding hydrogens is 324 g/mol. The van der Waals surface area contributed by atoms with Crippen LogP contribution in [0.25, 0.3) is 0 Å². The molecule has 0 spiro atoms. The highest BCUT2D eigenvalue weighted by molar-refractivity contribution is 9.10. The van der Waals surface area contributed by atoms with Crippen LogP contribution in [0.4, 0.5) is 5.69 Å². The number of rotatable bonds is 4. The number of hydrogen-bond donors (Lipinski definition) is 3. The number of carboxylic acids is 1. The molecule has 0 aliphatic carbocycles. The quantitative estimate of drug-likeness (QED) is 0.784. The van der Waals surface area contributed by atoms with Crippen molar-refractivity contribution in [1.82, 2.24) is 0 Å². The van der Waals surface area contributed by atoms with Crippen LogP contribution in [0.15, 0.2) is 22.7 Å². The Balaban J connectivity index is 2.80. The molecule has 0 bridgehead atoms. The summed E-state index contributed by atoms with van der Waals surface area (Å²) < 4.78 is 0.625. The molecule has 6 heteroatoms. The number of benzene rings is 1. The van der Waals surface area contributed by atoms with Crippen LogP contribution in [-0.2, 0) is 4.79 Å². The molecule has 1 unspecified atom stereocenters. The van der Waals surface area contributed by atoms with Gasteiger partial charge in [0.15, 0.2) is 0 Å². The summed E-state index contributed by atoms with van der Waals surface area (Å²) in [6.07, 6.45) is 0.174. The highest BCUT2D eigenvalue weighted by Gasteiger charge is 2.23. The Labute approximate surface area is 126 Å². The summed E-state index contributed by atoms with van der Waals surface area (Å²) in [7, 11) is 0. The van der Waals surface area contributed by atoms with Crippen LogP contribution in [0.3, 0.4) is 0 Å². The van der Waals surface area contributed by atoms with Gasteiger partial charge in [-0.05, 0) is 39.5 Å². The zero-order chi connectivity index (χ0) is 15.5. The second kappa shape index (κ2) is 6.37. The first kappa shape index (κ1) is 16.7. The van der Waals surface area contributed by atoms with Crippen molar-refractivity contribution in [2.75, 3.05) is 5.32 Å². The highest BCUT2D eigenvalue weighted by atomic mass is 79.9. The van der Waals surface area contributed by atoms with Crippen LogP contribution < -0.4 is 11.1 Å². The molecule has 1 atom stereocenters. The Kier molecular flexibility index (Phi) is 5.30. The zero-order valence-electron chi connectivity index (χ0n) is 11.7. The van der Waals surface area contributed by atoms with Gasteiger partial charge in [-0.25, -0.2) is 4.79 Å². The van der Waals surface area contributed by atoms with Crippen molar-refractivity contribution in [2.45, 2.75) is 33.2 Å². The maximum absolute atomic E-state index is 11.9. The maximum atomic E-state index is 11.9. The minimum atomic E-state index is -1.04. The smallest absolute Gasteiger partial charge is 0.335 e. The first-order chi connectivity index (χ1) is 9.11. The van der Waals surface area contributed by atoms with Gasteiger partial charge in [-0.15, -0.1) is 0 Å². The predicted octanol–water partition coefficient (Wildman–Crippen LogP) is 2.85. The summed E-state index contributed by atoms with van der Waals surface area (Å²) in [4.78, 5) is 22.9. The van der Waals surface area contributed by atoms with Crippen molar-refractivity contribution in [3.05, 3.63) is 28.2 Å². The van der Waals surface area contributed by atoms with E-state index in [0.717, 1.165) is 0 Å². The number of halogens is 1. The fourth-order valence-corrected chi connectivity index (χ4v) is 1.81. The molecule has 0 heterocycles. The first-order valence-corrected chi connectivity index (χ1v) is 6.99. The van der Waals surface area contributed by atoms with Gasteiger partial charge in [0.25, 0.3) is 0 Å². The monoisotopic (exact) mass is 342 g/mol. The molecule has 1 aromatic carbocycles. The summed E-state index contributed by atoms with van der Waals surface area (Å²) >= 11 is 3.27. The van der Waals surface area contributed by atoms with E-state index < -0.39 is 5.97 Å². The largest absolute Gasteiger partial charge is 0.478 e. The Bertz CT molecular complexity index is 524. The van der Waals surface area contributed by atoms with E-state index in [1.165, 1.54) is 12.1 Å². The molecule has 5 nitrogen and oxygen atoms in total. The molecule has 0 saturated carbocycles. The van der Waals surface area contributed by atoms with E-state index in [9.17, 15) is 9.59 Å². The molecule has 0 fully saturated rings. The molecule has 4 N–H and O–H groups in total. The van der Waals surface area contributed by atoms with Gasteiger partial charge in [-0.3, -0.25) is 4.79 Å². The van der Waals surface area contributed by atoms with Crippen molar-refractivity contribution in [3.8, 4) is 0 Å². The average Bonchev–Trinajstić information content (AvgIpc) is 2.30. The molecular formula is C14H19BrN2O3. The van der Waals surface area contributed by atoms with Crippen molar-refractivity contribution in [2.24, 2.45) is 11.1 Å². The Morgan fingerprint density at radius 1 is 1.40 bits per heavy atom. The second-order valence-corrected chi connectivity index (χ2v) is 6.58. The first-order valence-electron chi connectivity index (χ1n) is 6.19. The van der Waals surface area contributed by atoms with Crippen LogP contribution in [0, 0.1) is 5.41 Å². The summed E-state index contributed by atoms with van der Waals surface area (Å²) in [5.41, 5.74) is 6.33. The molecule has 1 aromatic rings. The van der Waals surface area contributed by atoms with Crippen LogP contribution in [0.2, 0.25) is 0 Å². The van der Waals surface area contributed by atoms with Crippen LogP contribution in [0.1, 0.15) is 37.6 Å². The second-order valence-electron chi connectivity index (χ2n) is 5.72. The molecule has 0 saturated heterocycles. The van der Waals surface area contributed by atoms with E-state index in [1.54, 1.807) is 6.07 Å². The standard InChI is InChI=1S/C14H19BrN2O3/c1-14(2,3)11(16)7-12(18)17-10-6-8(13(19)20)4-5-9(10)15/h4-6,11H,7,16H2,1-3H3,(H,17,18)(H,19,20). The zero-order valence-corrected chi connectivity index (χ0v) is 13.3. The number of carboxylic acid groups (broad SMARTS) is 1. The highest BCUT2D eigenvalue weighted by Crippen LogP contribution is 2.25. The molecule has 20 heavy (non-hydrogen) atoms. The molecule has 110 valence electrons. The molecule has 1 rings (SSSR count). The lowest BCUT2D eigenvalue weighted by atomic mass is 9.85. The number of carbonyl (C=O) groups is 2. The number of hydrogen-bond acceptors (Lipinski definition) is 3. The minimum Gasteiger partial charge on any atom is -0.478 e. The molecule has 1 amide bonds. The van der Waals surface area contributed by atoms with Crippen LogP contribution in [-0.4, -0.2) is 23.0 Å². The predicted molar refractivity (Wildman–Crippen MR) is 81.8 cm³/mol. The number of anilines is 1. The van der Waals surface area contributed by atoms with E-state index in [2.05, 4.69) is 21.2 Å². The third-order valence-electron chi connectivity index (χ3n) is 3.01. The number of nitrogens with two attached hydrogens (primary N) is 1. The van der Waals surface area contributed by atoms with Gasteiger partial charge < -0.3 is 16.2 Å². The lowest BCUT2D eigenvalue weighted by molar-refractivity contribution is -0.117. The third kappa shape index (κ3) is 4.61. The van der Waals surface area contributed by atoms with Gasteiger partial charge in [0.05, 0.1) is 11.3 Å². The van der Waals surface area contributed by atoms with Crippen LogP contribution >= 0.6 is 15.9 Å². The van der Waals surface area contributed by atoms with Crippen molar-refractivity contribution in [3.63, 3.8) is 0 Å². The topological polar surface area (TPSA) is 92.4 Å². The number of amides is 1. The van der Waals surface area contributed by atoms with E-state index in [4.69, 9.17) is 10.8 Å². The summed E-state index contributed by atoms with van der Waals surface area (Å²) in [5, 5.41) is 11.6. The van der Waals surface area contributed by atoms with Gasteiger partial charge >= 0.3 is 5.97 Å². The normalized spacial score (nSPS) is 12.8.